The monoisotopic (exact) mass is 330 g/mol. The van der Waals surface area contributed by atoms with Gasteiger partial charge in [-0.15, -0.1) is 0 Å². The van der Waals surface area contributed by atoms with Gasteiger partial charge in [-0.2, -0.15) is 0 Å². The smallest absolute Gasteiger partial charge is 0.253 e. The quantitative estimate of drug-likeness (QED) is 0.902. The van der Waals surface area contributed by atoms with Crippen LogP contribution >= 0.6 is 0 Å². The van der Waals surface area contributed by atoms with Gasteiger partial charge in [-0.1, -0.05) is 0 Å². The second kappa shape index (κ2) is 7.79. The Bertz CT molecular complexity index is 577. The molecule has 2 aliphatic heterocycles. The molecule has 0 bridgehead atoms. The van der Waals surface area contributed by atoms with Crippen molar-refractivity contribution in [3.63, 3.8) is 0 Å². The summed E-state index contributed by atoms with van der Waals surface area (Å²) >= 11 is 0. The van der Waals surface area contributed by atoms with E-state index < -0.39 is 0 Å². The topological polar surface area (TPSA) is 60.9 Å². The fourth-order valence-corrected chi connectivity index (χ4v) is 3.69. The number of hydrogen-bond donors (Lipinski definition) is 1. The molecule has 2 amide bonds. The highest BCUT2D eigenvalue weighted by molar-refractivity contribution is 5.97. The fourth-order valence-electron chi connectivity index (χ4n) is 3.69. The molecule has 24 heavy (non-hydrogen) atoms. The zero-order chi connectivity index (χ0) is 16.9. The largest absolute Gasteiger partial charge is 0.396 e. The van der Waals surface area contributed by atoms with E-state index in [1.54, 1.807) is 4.90 Å². The number of aliphatic hydroxyl groups excluding tert-OH is 1. The van der Waals surface area contributed by atoms with Gasteiger partial charge >= 0.3 is 0 Å². The summed E-state index contributed by atoms with van der Waals surface area (Å²) in [5.74, 6) is 0.874. The average molecular weight is 330 g/mol. The van der Waals surface area contributed by atoms with Gasteiger partial charge in [0.2, 0.25) is 5.91 Å². The Kier molecular flexibility index (Phi) is 5.51. The predicted octanol–water partition coefficient (Wildman–Crippen LogP) is 2.44. The van der Waals surface area contributed by atoms with Crippen LogP contribution in [0.5, 0.6) is 0 Å². The number of carbonyl (C=O) groups excluding carboxylic acids is 2. The molecule has 0 aromatic heterocycles. The van der Waals surface area contributed by atoms with Gasteiger partial charge in [-0.25, -0.2) is 0 Å². The molecule has 0 spiro atoms. The maximum absolute atomic E-state index is 12.6. The summed E-state index contributed by atoms with van der Waals surface area (Å²) in [4.78, 5) is 28.1. The number of benzene rings is 1. The summed E-state index contributed by atoms with van der Waals surface area (Å²) < 4.78 is 0. The van der Waals surface area contributed by atoms with Gasteiger partial charge in [0, 0.05) is 43.9 Å². The van der Waals surface area contributed by atoms with Crippen LogP contribution in [0.3, 0.4) is 0 Å². The van der Waals surface area contributed by atoms with Crippen LogP contribution in [0.15, 0.2) is 24.3 Å². The third-order valence-corrected chi connectivity index (χ3v) is 5.17. The van der Waals surface area contributed by atoms with Crippen LogP contribution < -0.4 is 4.90 Å². The van der Waals surface area contributed by atoms with Crippen LogP contribution in [0.4, 0.5) is 5.69 Å². The third kappa shape index (κ3) is 3.78. The number of nitrogens with zero attached hydrogens (tertiary/aromatic N) is 2. The second-order valence-electron chi connectivity index (χ2n) is 6.80. The molecule has 2 heterocycles. The van der Waals surface area contributed by atoms with E-state index in [0.29, 0.717) is 17.9 Å². The minimum Gasteiger partial charge on any atom is -0.396 e. The van der Waals surface area contributed by atoms with Crippen LogP contribution in [-0.2, 0) is 4.79 Å². The van der Waals surface area contributed by atoms with Gasteiger partial charge in [0.1, 0.15) is 0 Å². The lowest BCUT2D eigenvalue weighted by Gasteiger charge is -2.32. The Hall–Kier alpha value is -1.88. The molecule has 2 saturated heterocycles. The van der Waals surface area contributed by atoms with E-state index in [1.165, 1.54) is 0 Å². The van der Waals surface area contributed by atoms with Crippen LogP contribution in [0.2, 0.25) is 0 Å². The molecule has 0 atom stereocenters. The molecule has 0 aliphatic carbocycles. The van der Waals surface area contributed by atoms with Crippen molar-refractivity contribution in [1.29, 1.82) is 0 Å². The number of rotatable bonds is 5. The van der Waals surface area contributed by atoms with Crippen molar-refractivity contribution < 1.29 is 14.7 Å². The average Bonchev–Trinajstić information content (AvgIpc) is 3.06. The highest BCUT2D eigenvalue weighted by atomic mass is 16.3. The molecular formula is C19H26N2O3. The summed E-state index contributed by atoms with van der Waals surface area (Å²) in [6.45, 7) is 2.61. The first-order valence-electron chi connectivity index (χ1n) is 8.99. The standard InChI is InChI=1S/C19H26N2O3/c22-14-2-3-15-9-12-20(13-10-15)19(24)16-5-7-17(8-6-16)21-11-1-4-18(21)23/h5-8,15,22H,1-4,9-14H2. The minimum absolute atomic E-state index is 0.0786. The van der Waals surface area contributed by atoms with Crippen molar-refractivity contribution >= 4 is 17.5 Å². The van der Waals surface area contributed by atoms with E-state index in [2.05, 4.69) is 0 Å². The Labute approximate surface area is 143 Å². The summed E-state index contributed by atoms with van der Waals surface area (Å²) in [6.07, 6.45) is 5.47. The van der Waals surface area contributed by atoms with Gasteiger partial charge in [0.15, 0.2) is 0 Å². The van der Waals surface area contributed by atoms with Gasteiger partial charge in [0.05, 0.1) is 0 Å². The Morgan fingerprint density at radius 2 is 1.83 bits per heavy atom. The van der Waals surface area contributed by atoms with E-state index in [9.17, 15) is 9.59 Å². The molecule has 130 valence electrons. The summed E-state index contributed by atoms with van der Waals surface area (Å²) in [5.41, 5.74) is 1.58. The first-order valence-corrected chi connectivity index (χ1v) is 8.99. The number of likely N-dealkylation sites (tertiary alicyclic amines) is 1. The van der Waals surface area contributed by atoms with Crippen LogP contribution in [-0.4, -0.2) is 48.1 Å². The first kappa shape index (κ1) is 17.0. The van der Waals surface area contributed by atoms with Crippen molar-refractivity contribution in [1.82, 2.24) is 4.90 Å². The van der Waals surface area contributed by atoms with E-state index in [-0.39, 0.29) is 18.4 Å². The van der Waals surface area contributed by atoms with Gasteiger partial charge in [-0.05, 0) is 62.3 Å². The Morgan fingerprint density at radius 1 is 1.12 bits per heavy atom. The van der Waals surface area contributed by atoms with Crippen LogP contribution in [0.25, 0.3) is 0 Å². The maximum atomic E-state index is 12.6. The minimum atomic E-state index is 0.0786. The molecule has 2 aliphatic rings. The van der Waals surface area contributed by atoms with E-state index in [1.807, 2.05) is 29.2 Å². The number of carbonyl (C=O) groups is 2. The molecule has 1 aromatic carbocycles. The lowest BCUT2D eigenvalue weighted by molar-refractivity contribution is -0.117. The van der Waals surface area contributed by atoms with Crippen LogP contribution in [0.1, 0.15) is 48.9 Å². The number of hydrogen-bond acceptors (Lipinski definition) is 3. The molecule has 0 radical (unpaired) electrons. The van der Waals surface area contributed by atoms with Gasteiger partial charge < -0.3 is 14.9 Å². The van der Waals surface area contributed by atoms with E-state index >= 15 is 0 Å². The fraction of sp³-hybridized carbons (Fsp3) is 0.579. The number of amides is 2. The zero-order valence-electron chi connectivity index (χ0n) is 14.1. The van der Waals surface area contributed by atoms with Crippen molar-refractivity contribution in [3.05, 3.63) is 29.8 Å². The maximum Gasteiger partial charge on any atom is 0.253 e. The predicted molar refractivity (Wildman–Crippen MR) is 93.0 cm³/mol. The lowest BCUT2D eigenvalue weighted by Crippen LogP contribution is -2.38. The zero-order valence-corrected chi connectivity index (χ0v) is 14.1. The molecule has 5 nitrogen and oxygen atoms in total. The second-order valence-corrected chi connectivity index (χ2v) is 6.80. The normalized spacial score (nSPS) is 19.1. The first-order chi connectivity index (χ1) is 11.7. The number of anilines is 1. The van der Waals surface area contributed by atoms with E-state index in [4.69, 9.17) is 5.11 Å². The van der Waals surface area contributed by atoms with Crippen molar-refractivity contribution in [2.24, 2.45) is 5.92 Å². The molecule has 2 fully saturated rings. The molecule has 3 rings (SSSR count). The van der Waals surface area contributed by atoms with Crippen molar-refractivity contribution in [2.75, 3.05) is 31.1 Å². The highest BCUT2D eigenvalue weighted by Crippen LogP contribution is 2.25. The van der Waals surface area contributed by atoms with Crippen molar-refractivity contribution in [3.8, 4) is 0 Å². The molecule has 1 N–H and O–H groups in total. The Morgan fingerprint density at radius 3 is 2.42 bits per heavy atom. The van der Waals surface area contributed by atoms with Crippen molar-refractivity contribution in [2.45, 2.75) is 38.5 Å². The molecule has 0 saturated carbocycles. The molecule has 5 heteroatoms. The molecule has 0 unspecified atom stereocenters. The number of aliphatic hydroxyl groups is 1. The summed E-state index contributed by atoms with van der Waals surface area (Å²) in [7, 11) is 0. The van der Waals surface area contributed by atoms with E-state index in [0.717, 1.165) is 57.4 Å². The third-order valence-electron chi connectivity index (χ3n) is 5.17. The lowest BCUT2D eigenvalue weighted by atomic mass is 9.92. The molecular weight excluding hydrogens is 304 g/mol. The molecule has 1 aromatic rings. The van der Waals surface area contributed by atoms with Gasteiger partial charge in [0.25, 0.3) is 5.91 Å². The summed E-state index contributed by atoms with van der Waals surface area (Å²) in [6, 6.07) is 7.43. The van der Waals surface area contributed by atoms with Crippen LogP contribution in [0, 0.1) is 5.92 Å². The number of piperidine rings is 1. The van der Waals surface area contributed by atoms with Gasteiger partial charge in [-0.3, -0.25) is 9.59 Å². The summed E-state index contributed by atoms with van der Waals surface area (Å²) in [5, 5.41) is 8.91. The highest BCUT2D eigenvalue weighted by Gasteiger charge is 2.24. The Balaban J connectivity index is 1.57. The SMILES string of the molecule is O=C(c1ccc(N2CCCC2=O)cc1)N1CCC(CCCO)CC1.